The van der Waals surface area contributed by atoms with Crippen molar-refractivity contribution in [2.45, 2.75) is 6.92 Å². The first-order valence-corrected chi connectivity index (χ1v) is 7.08. The van der Waals surface area contributed by atoms with E-state index in [9.17, 15) is 4.39 Å². The maximum atomic E-state index is 14.8. The molecule has 5 heteroatoms. The van der Waals surface area contributed by atoms with Gasteiger partial charge in [0.2, 0.25) is 0 Å². The number of halogens is 1. The molecule has 0 unspecified atom stereocenters. The predicted octanol–water partition coefficient (Wildman–Crippen LogP) is 4.15. The van der Waals surface area contributed by atoms with Crippen LogP contribution in [0.5, 0.6) is 0 Å². The van der Waals surface area contributed by atoms with Gasteiger partial charge in [-0.05, 0) is 6.92 Å². The first-order chi connectivity index (χ1) is 11.2. The molecule has 1 N–H and O–H groups in total. The Morgan fingerprint density at radius 1 is 0.913 bits per heavy atom. The van der Waals surface area contributed by atoms with Gasteiger partial charge in [0.15, 0.2) is 11.6 Å². The third-order valence-corrected chi connectivity index (χ3v) is 3.42. The molecule has 3 rings (SSSR count). The van der Waals surface area contributed by atoms with Gasteiger partial charge in [-0.3, -0.25) is 0 Å². The highest BCUT2D eigenvalue weighted by atomic mass is 19.1. The van der Waals surface area contributed by atoms with E-state index in [2.05, 4.69) is 15.1 Å². The quantitative estimate of drug-likeness (QED) is 0.449. The van der Waals surface area contributed by atoms with Crippen LogP contribution in [0.1, 0.15) is 12.6 Å². The summed E-state index contributed by atoms with van der Waals surface area (Å²) in [7, 11) is 0. The van der Waals surface area contributed by atoms with Crippen molar-refractivity contribution in [3.05, 3.63) is 72.2 Å². The lowest BCUT2D eigenvalue weighted by Gasteiger charge is -2.10. The molecule has 0 aliphatic rings. The first kappa shape index (κ1) is 14.8. The van der Waals surface area contributed by atoms with Gasteiger partial charge in [-0.15, -0.1) is 0 Å². The zero-order chi connectivity index (χ0) is 16.2. The minimum atomic E-state index is -0.605. The highest BCUT2D eigenvalue weighted by Gasteiger charge is 2.18. The molecule has 3 aromatic rings. The maximum Gasteiger partial charge on any atom is 0.177 e. The van der Waals surface area contributed by atoms with Gasteiger partial charge in [-0.1, -0.05) is 65.8 Å². The number of oxime groups is 1. The van der Waals surface area contributed by atoms with Crippen LogP contribution in [0.3, 0.4) is 0 Å². The molecule has 0 aliphatic heterocycles. The lowest BCUT2D eigenvalue weighted by molar-refractivity contribution is 0.318. The van der Waals surface area contributed by atoms with E-state index in [1.807, 2.05) is 48.5 Å². The summed E-state index contributed by atoms with van der Waals surface area (Å²) in [6.45, 7) is 1.50. The van der Waals surface area contributed by atoms with Gasteiger partial charge in [0.1, 0.15) is 17.1 Å². The van der Waals surface area contributed by atoms with E-state index < -0.39 is 5.82 Å². The van der Waals surface area contributed by atoms with Gasteiger partial charge in [0.25, 0.3) is 0 Å². The number of hydrogen-bond donors (Lipinski definition) is 1. The predicted molar refractivity (Wildman–Crippen MR) is 86.9 cm³/mol. The molecule has 0 radical (unpaired) electrons. The Kier molecular flexibility index (Phi) is 4.10. The Labute approximate surface area is 133 Å². The van der Waals surface area contributed by atoms with Crippen LogP contribution in [-0.2, 0) is 0 Å². The number of benzene rings is 2. The van der Waals surface area contributed by atoms with Crippen LogP contribution in [0.2, 0.25) is 0 Å². The second-order valence-corrected chi connectivity index (χ2v) is 4.98. The van der Waals surface area contributed by atoms with E-state index in [-0.39, 0.29) is 17.1 Å². The van der Waals surface area contributed by atoms with Crippen LogP contribution in [0.15, 0.2) is 65.8 Å². The zero-order valence-corrected chi connectivity index (χ0v) is 12.4. The van der Waals surface area contributed by atoms with E-state index in [1.165, 1.54) is 6.92 Å². The van der Waals surface area contributed by atoms with Crippen molar-refractivity contribution in [1.29, 1.82) is 0 Å². The minimum Gasteiger partial charge on any atom is -0.411 e. The molecule has 0 fully saturated rings. The van der Waals surface area contributed by atoms with Gasteiger partial charge in [-0.2, -0.15) is 0 Å². The smallest absolute Gasteiger partial charge is 0.177 e. The molecule has 0 atom stereocenters. The monoisotopic (exact) mass is 307 g/mol. The van der Waals surface area contributed by atoms with Gasteiger partial charge >= 0.3 is 0 Å². The second-order valence-electron chi connectivity index (χ2n) is 4.98. The third kappa shape index (κ3) is 2.94. The number of rotatable bonds is 3. The van der Waals surface area contributed by atoms with Gasteiger partial charge < -0.3 is 5.21 Å². The summed E-state index contributed by atoms with van der Waals surface area (Å²) < 4.78 is 14.8. The van der Waals surface area contributed by atoms with Crippen LogP contribution < -0.4 is 0 Å². The van der Waals surface area contributed by atoms with Crippen LogP contribution in [0.25, 0.3) is 22.6 Å². The molecular weight excluding hydrogens is 293 g/mol. The standard InChI is InChI=1S/C18H14FN3O/c1-12(22-23)16-15(19)17(13-8-4-2-5-9-13)21-18(20-16)14-10-6-3-7-11-14/h2-11,23H,1H3/b22-12-. The fraction of sp³-hybridized carbons (Fsp3) is 0.0556. The number of hydrogen-bond acceptors (Lipinski definition) is 4. The van der Waals surface area contributed by atoms with E-state index >= 15 is 0 Å². The van der Waals surface area contributed by atoms with Crippen LogP contribution in [0, 0.1) is 5.82 Å². The van der Waals surface area contributed by atoms with Crippen molar-refractivity contribution in [2.75, 3.05) is 0 Å². The van der Waals surface area contributed by atoms with E-state index in [4.69, 9.17) is 5.21 Å². The molecule has 4 nitrogen and oxygen atoms in total. The Hall–Kier alpha value is -3.08. The van der Waals surface area contributed by atoms with Crippen molar-refractivity contribution in [3.63, 3.8) is 0 Å². The molecule has 0 spiro atoms. The van der Waals surface area contributed by atoms with Crippen LogP contribution >= 0.6 is 0 Å². The molecule has 2 aromatic carbocycles. The number of nitrogens with zero attached hydrogens (tertiary/aromatic N) is 3. The van der Waals surface area contributed by atoms with Crippen molar-refractivity contribution in [2.24, 2.45) is 5.16 Å². The van der Waals surface area contributed by atoms with Crippen molar-refractivity contribution in [1.82, 2.24) is 9.97 Å². The van der Waals surface area contributed by atoms with E-state index in [1.54, 1.807) is 12.1 Å². The lowest BCUT2D eigenvalue weighted by atomic mass is 10.1. The molecule has 0 amide bonds. The molecule has 0 saturated heterocycles. The summed E-state index contributed by atoms with van der Waals surface area (Å²) in [5, 5.41) is 12.1. The first-order valence-electron chi connectivity index (χ1n) is 7.08. The molecule has 23 heavy (non-hydrogen) atoms. The average Bonchev–Trinajstić information content (AvgIpc) is 2.62. The lowest BCUT2D eigenvalue weighted by Crippen LogP contribution is -2.08. The molecule has 0 bridgehead atoms. The molecule has 0 aliphatic carbocycles. The van der Waals surface area contributed by atoms with Crippen molar-refractivity contribution < 1.29 is 9.60 Å². The highest BCUT2D eigenvalue weighted by molar-refractivity contribution is 5.98. The SMILES string of the molecule is C/C(=N/O)c1nc(-c2ccccc2)nc(-c2ccccc2)c1F. The van der Waals surface area contributed by atoms with Gasteiger partial charge in [0, 0.05) is 11.1 Å². The van der Waals surface area contributed by atoms with Crippen LogP contribution in [0.4, 0.5) is 4.39 Å². The summed E-state index contributed by atoms with van der Waals surface area (Å²) in [6, 6.07) is 18.3. The Bertz CT molecular complexity index is 849. The summed E-state index contributed by atoms with van der Waals surface area (Å²) >= 11 is 0. The summed E-state index contributed by atoms with van der Waals surface area (Å²) in [5.41, 5.74) is 1.66. The zero-order valence-electron chi connectivity index (χ0n) is 12.4. The largest absolute Gasteiger partial charge is 0.411 e. The minimum absolute atomic E-state index is 0.0137. The third-order valence-electron chi connectivity index (χ3n) is 3.42. The fourth-order valence-electron chi connectivity index (χ4n) is 2.24. The van der Waals surface area contributed by atoms with E-state index in [0.717, 1.165) is 5.56 Å². The van der Waals surface area contributed by atoms with Gasteiger partial charge in [0.05, 0.1) is 0 Å². The van der Waals surface area contributed by atoms with Crippen LogP contribution in [-0.4, -0.2) is 20.9 Å². The van der Waals surface area contributed by atoms with Crippen molar-refractivity contribution in [3.8, 4) is 22.6 Å². The maximum absolute atomic E-state index is 14.8. The molecular formula is C18H14FN3O. The highest BCUT2D eigenvalue weighted by Crippen LogP contribution is 2.26. The summed E-state index contributed by atoms with van der Waals surface area (Å²) in [5.74, 6) is -0.227. The average molecular weight is 307 g/mol. The number of aromatic nitrogens is 2. The summed E-state index contributed by atoms with van der Waals surface area (Å²) in [6.07, 6.45) is 0. The van der Waals surface area contributed by atoms with Crippen molar-refractivity contribution >= 4 is 5.71 Å². The van der Waals surface area contributed by atoms with E-state index in [0.29, 0.717) is 11.4 Å². The molecule has 1 aromatic heterocycles. The molecule has 0 saturated carbocycles. The normalized spacial score (nSPS) is 11.5. The Balaban J connectivity index is 2.27. The second kappa shape index (κ2) is 6.36. The van der Waals surface area contributed by atoms with Gasteiger partial charge in [-0.25, -0.2) is 14.4 Å². The molecule has 114 valence electrons. The topological polar surface area (TPSA) is 58.4 Å². The Morgan fingerprint density at radius 3 is 2.04 bits per heavy atom. The molecule has 1 heterocycles. The Morgan fingerprint density at radius 2 is 1.48 bits per heavy atom. The summed E-state index contributed by atoms with van der Waals surface area (Å²) in [4.78, 5) is 8.59. The fourth-order valence-corrected chi connectivity index (χ4v) is 2.24.